The van der Waals surface area contributed by atoms with Crippen LogP contribution in [0.2, 0.25) is 0 Å². The number of ether oxygens (including phenoxy) is 2. The molecule has 0 N–H and O–H groups in total. The molecule has 1 aliphatic rings. The summed E-state index contributed by atoms with van der Waals surface area (Å²) in [5.41, 5.74) is 4.92. The van der Waals surface area contributed by atoms with Crippen LogP contribution in [0, 0.1) is 5.92 Å². The van der Waals surface area contributed by atoms with E-state index in [-0.39, 0.29) is 11.4 Å². The van der Waals surface area contributed by atoms with Gasteiger partial charge in [-0.3, -0.25) is 14.0 Å². The first-order valence-corrected chi connectivity index (χ1v) is 11.3. The second-order valence-corrected chi connectivity index (χ2v) is 9.42. The minimum Gasteiger partial charge on any atom is -0.496 e. The lowest BCUT2D eigenvalue weighted by atomic mass is 9.77. The molecular formula is C26H29N5O3. The first-order valence-electron chi connectivity index (χ1n) is 11.3. The molecule has 8 heteroatoms. The molecule has 1 fully saturated rings. The highest BCUT2D eigenvalue weighted by Crippen LogP contribution is 2.41. The van der Waals surface area contributed by atoms with Gasteiger partial charge >= 0.3 is 0 Å². The van der Waals surface area contributed by atoms with E-state index in [4.69, 9.17) is 9.47 Å². The molecule has 34 heavy (non-hydrogen) atoms. The number of carbonyl (C=O) groups excluding carboxylic acids is 1. The summed E-state index contributed by atoms with van der Waals surface area (Å²) in [7, 11) is 5.05. The van der Waals surface area contributed by atoms with E-state index in [1.54, 1.807) is 25.2 Å². The number of imidazole rings is 1. The van der Waals surface area contributed by atoms with Crippen molar-refractivity contribution < 1.29 is 14.3 Å². The van der Waals surface area contributed by atoms with Gasteiger partial charge in [-0.2, -0.15) is 5.10 Å². The molecule has 0 aliphatic carbocycles. The molecule has 4 aromatic rings. The lowest BCUT2D eigenvalue weighted by Crippen LogP contribution is -2.64. The van der Waals surface area contributed by atoms with E-state index in [1.807, 2.05) is 53.2 Å². The standard InChI is InChI=1S/C26H29N5O3/c1-16-13-31(26(16,2)3)25(32)24-22(33-5)10-19(11-23(24)34-6)30-15-27-20-9-17(7-8-21(20)30)18-12-28-29(4)14-18/h7-12,14-16H,13H2,1-6H3. The monoisotopic (exact) mass is 459 g/mol. The first kappa shape index (κ1) is 22.0. The number of aryl methyl sites for hydroxylation is 1. The average molecular weight is 460 g/mol. The Balaban J connectivity index is 1.56. The van der Waals surface area contributed by atoms with Gasteiger partial charge in [0.05, 0.1) is 37.1 Å². The van der Waals surface area contributed by atoms with Gasteiger partial charge < -0.3 is 14.4 Å². The fourth-order valence-corrected chi connectivity index (χ4v) is 4.58. The van der Waals surface area contributed by atoms with Crippen molar-refractivity contribution in [2.45, 2.75) is 26.3 Å². The maximum atomic E-state index is 13.5. The normalized spacial score (nSPS) is 17.0. The van der Waals surface area contributed by atoms with Gasteiger partial charge in [0.2, 0.25) is 0 Å². The number of aromatic nitrogens is 4. The Morgan fingerprint density at radius 1 is 1.09 bits per heavy atom. The molecule has 0 saturated carbocycles. The van der Waals surface area contributed by atoms with E-state index in [1.165, 1.54) is 0 Å². The van der Waals surface area contributed by atoms with Crippen LogP contribution >= 0.6 is 0 Å². The largest absolute Gasteiger partial charge is 0.496 e. The van der Waals surface area contributed by atoms with Crippen LogP contribution in [0.15, 0.2) is 49.1 Å². The predicted molar refractivity (Wildman–Crippen MR) is 131 cm³/mol. The summed E-state index contributed by atoms with van der Waals surface area (Å²) in [6.45, 7) is 7.05. The van der Waals surface area contributed by atoms with E-state index < -0.39 is 0 Å². The van der Waals surface area contributed by atoms with Crippen LogP contribution in [-0.2, 0) is 7.05 Å². The zero-order valence-corrected chi connectivity index (χ0v) is 20.4. The lowest BCUT2D eigenvalue weighted by molar-refractivity contribution is -0.0264. The van der Waals surface area contributed by atoms with E-state index in [9.17, 15) is 4.79 Å². The molecule has 1 amide bonds. The van der Waals surface area contributed by atoms with Crippen LogP contribution in [0.4, 0.5) is 0 Å². The number of hydrogen-bond donors (Lipinski definition) is 0. The summed E-state index contributed by atoms with van der Waals surface area (Å²) < 4.78 is 15.1. The number of fused-ring (bicyclic) bond motifs is 1. The summed E-state index contributed by atoms with van der Waals surface area (Å²) in [5, 5.41) is 4.25. The number of likely N-dealkylation sites (tertiary alicyclic amines) is 1. The lowest BCUT2D eigenvalue weighted by Gasteiger charge is -2.54. The zero-order chi connectivity index (χ0) is 24.2. The first-order chi connectivity index (χ1) is 16.2. The van der Waals surface area contributed by atoms with Gasteiger partial charge in [-0.25, -0.2) is 4.98 Å². The molecule has 0 spiro atoms. The number of methoxy groups -OCH3 is 2. The SMILES string of the molecule is COc1cc(-n2cnc3cc(-c4cnn(C)c4)ccc32)cc(OC)c1C(=O)N1CC(C)C1(C)C. The smallest absolute Gasteiger partial charge is 0.261 e. The average Bonchev–Trinajstić information content (AvgIpc) is 3.46. The number of amides is 1. The summed E-state index contributed by atoms with van der Waals surface area (Å²) in [6, 6.07) is 9.86. The van der Waals surface area contributed by atoms with Crippen molar-refractivity contribution in [3.05, 3.63) is 54.6 Å². The van der Waals surface area contributed by atoms with Crippen LogP contribution in [0.1, 0.15) is 31.1 Å². The van der Waals surface area contributed by atoms with Gasteiger partial charge in [0.25, 0.3) is 5.91 Å². The molecule has 1 unspecified atom stereocenters. The van der Waals surface area contributed by atoms with Crippen LogP contribution in [0.25, 0.3) is 27.8 Å². The Hall–Kier alpha value is -3.81. The van der Waals surface area contributed by atoms with Crippen LogP contribution < -0.4 is 9.47 Å². The second-order valence-electron chi connectivity index (χ2n) is 9.42. The summed E-state index contributed by atoms with van der Waals surface area (Å²) >= 11 is 0. The molecule has 8 nitrogen and oxygen atoms in total. The Morgan fingerprint density at radius 3 is 2.35 bits per heavy atom. The van der Waals surface area contributed by atoms with Crippen molar-refractivity contribution in [1.82, 2.24) is 24.2 Å². The predicted octanol–water partition coefficient (Wildman–Crippen LogP) is 4.31. The summed E-state index contributed by atoms with van der Waals surface area (Å²) in [6.07, 6.45) is 5.58. The topological polar surface area (TPSA) is 74.4 Å². The van der Waals surface area contributed by atoms with Gasteiger partial charge in [0.1, 0.15) is 23.4 Å². The molecule has 1 aliphatic heterocycles. The highest BCUT2D eigenvalue weighted by Gasteiger charge is 2.47. The van der Waals surface area contributed by atoms with Crippen molar-refractivity contribution >= 4 is 16.9 Å². The Kier molecular flexibility index (Phi) is 5.11. The van der Waals surface area contributed by atoms with E-state index in [0.717, 1.165) is 27.8 Å². The quantitative estimate of drug-likeness (QED) is 0.445. The van der Waals surface area contributed by atoms with E-state index in [0.29, 0.717) is 29.5 Å². The number of rotatable bonds is 5. The van der Waals surface area contributed by atoms with Crippen molar-refractivity contribution in [2.75, 3.05) is 20.8 Å². The minimum absolute atomic E-state index is 0.0834. The van der Waals surface area contributed by atoms with Gasteiger partial charge in [-0.1, -0.05) is 13.0 Å². The maximum Gasteiger partial charge on any atom is 0.261 e. The molecule has 5 rings (SSSR count). The molecule has 2 aromatic heterocycles. The van der Waals surface area contributed by atoms with Gasteiger partial charge in [0.15, 0.2) is 0 Å². The van der Waals surface area contributed by atoms with Crippen molar-refractivity contribution in [2.24, 2.45) is 13.0 Å². The Morgan fingerprint density at radius 2 is 1.79 bits per heavy atom. The third-order valence-corrected chi connectivity index (χ3v) is 7.17. The highest BCUT2D eigenvalue weighted by molar-refractivity contribution is 6.01. The van der Waals surface area contributed by atoms with Gasteiger partial charge in [-0.15, -0.1) is 0 Å². The Labute approximate surface area is 198 Å². The van der Waals surface area contributed by atoms with Crippen molar-refractivity contribution in [1.29, 1.82) is 0 Å². The molecule has 0 radical (unpaired) electrons. The fourth-order valence-electron chi connectivity index (χ4n) is 4.58. The van der Waals surface area contributed by atoms with Gasteiger partial charge in [0, 0.05) is 43.0 Å². The Bertz CT molecular complexity index is 1380. The van der Waals surface area contributed by atoms with Crippen LogP contribution in [0.3, 0.4) is 0 Å². The van der Waals surface area contributed by atoms with Gasteiger partial charge in [-0.05, 0) is 37.5 Å². The van der Waals surface area contributed by atoms with E-state index in [2.05, 4.69) is 36.9 Å². The molecular weight excluding hydrogens is 430 g/mol. The molecule has 1 saturated heterocycles. The molecule has 176 valence electrons. The maximum absolute atomic E-state index is 13.5. The summed E-state index contributed by atoms with van der Waals surface area (Å²) in [5.74, 6) is 1.30. The van der Waals surface area contributed by atoms with E-state index >= 15 is 0 Å². The number of carbonyl (C=O) groups is 1. The van der Waals surface area contributed by atoms with Crippen LogP contribution in [-0.4, -0.2) is 56.4 Å². The minimum atomic E-state index is -0.210. The third-order valence-electron chi connectivity index (χ3n) is 7.17. The number of nitrogens with zero attached hydrogens (tertiary/aromatic N) is 5. The molecule has 3 heterocycles. The van der Waals surface area contributed by atoms with Crippen molar-refractivity contribution in [3.8, 4) is 28.3 Å². The third kappa shape index (κ3) is 3.32. The highest BCUT2D eigenvalue weighted by atomic mass is 16.5. The molecule has 1 atom stereocenters. The number of hydrogen-bond acceptors (Lipinski definition) is 5. The number of benzene rings is 2. The summed E-state index contributed by atoms with van der Waals surface area (Å²) in [4.78, 5) is 20.0. The molecule has 0 bridgehead atoms. The van der Waals surface area contributed by atoms with Crippen molar-refractivity contribution in [3.63, 3.8) is 0 Å². The second kappa shape index (κ2) is 7.90. The molecule has 2 aromatic carbocycles. The van der Waals surface area contributed by atoms with Crippen LogP contribution in [0.5, 0.6) is 11.5 Å². The zero-order valence-electron chi connectivity index (χ0n) is 20.4. The fraction of sp³-hybridized carbons (Fsp3) is 0.346.